The monoisotopic (exact) mass is 134 g/mol. The number of carbonyl (C=O) groups is 1. The van der Waals surface area contributed by atoms with Crippen molar-refractivity contribution in [2.45, 2.75) is 0 Å². The molecule has 0 spiro atoms. The van der Waals surface area contributed by atoms with Crippen LogP contribution in [-0.4, -0.2) is 5.97 Å². The molecule has 0 unspecified atom stereocenters. The smallest absolute Gasteiger partial charge is 0.338 e. The molecule has 50 valence electrons. The van der Waals surface area contributed by atoms with Crippen molar-refractivity contribution in [1.82, 2.24) is 0 Å². The maximum absolute atomic E-state index is 10.7. The zero-order valence-electron chi connectivity index (χ0n) is 5.33. The fraction of sp³-hybridized carbons (Fsp3) is 0. The van der Waals surface area contributed by atoms with Crippen LogP contribution >= 0.6 is 0 Å². The quantitative estimate of drug-likeness (QED) is 0.543. The summed E-state index contributed by atoms with van der Waals surface area (Å²) in [6.07, 6.45) is 0. The second-order valence-electron chi connectivity index (χ2n) is 1.71. The first-order valence-electron chi connectivity index (χ1n) is 2.77. The Labute approximate surface area is 59.4 Å². The normalized spacial score (nSPS) is 8.90. The Bertz CT molecular complexity index is 216. The average Bonchev–Trinajstić information content (AvgIpc) is 2.05. The summed E-state index contributed by atoms with van der Waals surface area (Å²) in [6, 6.07) is 9.48. The summed E-state index contributed by atoms with van der Waals surface area (Å²) in [7, 11) is 2.99. The summed E-state index contributed by atoms with van der Waals surface area (Å²) in [5, 5.41) is 0. The third kappa shape index (κ3) is 1.35. The second kappa shape index (κ2) is 3.01. The Morgan fingerprint density at radius 1 is 1.60 bits per heavy atom. The summed E-state index contributed by atoms with van der Waals surface area (Å²) in [4.78, 5) is 10.7. The lowest BCUT2D eigenvalue weighted by Crippen LogP contribution is -1.98. The fourth-order valence-electron chi connectivity index (χ4n) is 0.598. The topological polar surface area (TPSA) is 26.3 Å². The fourth-order valence-corrected chi connectivity index (χ4v) is 0.598. The van der Waals surface area contributed by atoms with Gasteiger partial charge in [-0.2, -0.15) is 0 Å². The number of carbonyl (C=O) groups excluding carboxylic acids is 1. The van der Waals surface area contributed by atoms with Crippen molar-refractivity contribution in [2.24, 2.45) is 0 Å². The van der Waals surface area contributed by atoms with Gasteiger partial charge in [-0.3, -0.25) is 0 Å². The summed E-state index contributed by atoms with van der Waals surface area (Å²) >= 11 is 0. The van der Waals surface area contributed by atoms with Crippen LogP contribution in [0, 0.1) is 13.2 Å². The Morgan fingerprint density at radius 3 is 2.90 bits per heavy atom. The van der Waals surface area contributed by atoms with Crippen molar-refractivity contribution in [2.75, 3.05) is 0 Å². The molecule has 0 bridgehead atoms. The van der Waals surface area contributed by atoms with Crippen LogP contribution < -0.4 is 0 Å². The molecule has 0 aliphatic carbocycles. The highest BCUT2D eigenvalue weighted by Crippen LogP contribution is 1.98. The van der Waals surface area contributed by atoms with Gasteiger partial charge in [-0.1, -0.05) is 18.2 Å². The average molecular weight is 134 g/mol. The van der Waals surface area contributed by atoms with Crippen LogP contribution in [0.4, 0.5) is 0 Å². The predicted molar refractivity (Wildman–Crippen MR) is 36.1 cm³/mol. The van der Waals surface area contributed by atoms with Crippen LogP contribution in [0.1, 0.15) is 10.4 Å². The van der Waals surface area contributed by atoms with Gasteiger partial charge in [-0.05, 0) is 12.1 Å². The lowest BCUT2D eigenvalue weighted by Gasteiger charge is -1.94. The molecule has 0 amide bonds. The zero-order valence-corrected chi connectivity index (χ0v) is 5.33. The first-order valence-corrected chi connectivity index (χ1v) is 2.77. The van der Waals surface area contributed by atoms with Crippen molar-refractivity contribution in [3.8, 4) is 0 Å². The summed E-state index contributed by atoms with van der Waals surface area (Å²) in [5.74, 6) is -0.458. The first kappa shape index (κ1) is 6.81. The standard InChI is InChI=1S/C8H6O2/c1-10-8(9)7-5-3-2-4-6-7/h2-5H,1H2. The van der Waals surface area contributed by atoms with Gasteiger partial charge >= 0.3 is 5.97 Å². The van der Waals surface area contributed by atoms with Gasteiger partial charge in [0.1, 0.15) is 7.11 Å². The van der Waals surface area contributed by atoms with Gasteiger partial charge in [-0.15, -0.1) is 0 Å². The Morgan fingerprint density at radius 2 is 2.40 bits per heavy atom. The van der Waals surface area contributed by atoms with Gasteiger partial charge in [0.15, 0.2) is 0 Å². The molecule has 0 aliphatic heterocycles. The Balaban J connectivity index is 2.85. The van der Waals surface area contributed by atoms with Crippen LogP contribution in [-0.2, 0) is 4.74 Å². The molecular weight excluding hydrogens is 128 g/mol. The number of hydrogen-bond acceptors (Lipinski definition) is 2. The van der Waals surface area contributed by atoms with Gasteiger partial charge < -0.3 is 4.74 Å². The van der Waals surface area contributed by atoms with E-state index in [2.05, 4.69) is 17.9 Å². The largest absolute Gasteiger partial charge is 0.458 e. The Hall–Kier alpha value is -1.31. The van der Waals surface area contributed by atoms with E-state index < -0.39 is 5.97 Å². The molecule has 1 rings (SSSR count). The maximum Gasteiger partial charge on any atom is 0.338 e. The molecule has 2 radical (unpaired) electrons. The third-order valence-electron chi connectivity index (χ3n) is 1.06. The lowest BCUT2D eigenvalue weighted by molar-refractivity contribution is 0.0653. The van der Waals surface area contributed by atoms with Crippen molar-refractivity contribution in [3.63, 3.8) is 0 Å². The third-order valence-corrected chi connectivity index (χ3v) is 1.06. The highest BCUT2D eigenvalue weighted by Gasteiger charge is 2.01. The van der Waals surface area contributed by atoms with Crippen LogP contribution in [0.15, 0.2) is 24.3 Å². The molecule has 10 heavy (non-hydrogen) atoms. The molecule has 0 fully saturated rings. The minimum absolute atomic E-state index is 0.400. The van der Waals surface area contributed by atoms with E-state index in [9.17, 15) is 4.79 Å². The van der Waals surface area contributed by atoms with E-state index in [0.717, 1.165) is 0 Å². The van der Waals surface area contributed by atoms with Crippen molar-refractivity contribution in [1.29, 1.82) is 0 Å². The van der Waals surface area contributed by atoms with Crippen molar-refractivity contribution in [3.05, 3.63) is 43.0 Å². The molecule has 0 saturated heterocycles. The van der Waals surface area contributed by atoms with E-state index in [1.807, 2.05) is 0 Å². The van der Waals surface area contributed by atoms with Gasteiger partial charge in [0.25, 0.3) is 0 Å². The molecule has 0 N–H and O–H groups in total. The van der Waals surface area contributed by atoms with Crippen LogP contribution in [0.3, 0.4) is 0 Å². The van der Waals surface area contributed by atoms with Crippen LogP contribution in [0.2, 0.25) is 0 Å². The minimum atomic E-state index is -0.458. The zero-order chi connectivity index (χ0) is 7.40. The first-order chi connectivity index (χ1) is 4.84. The molecule has 0 heterocycles. The van der Waals surface area contributed by atoms with E-state index >= 15 is 0 Å². The van der Waals surface area contributed by atoms with Crippen molar-refractivity contribution < 1.29 is 9.53 Å². The van der Waals surface area contributed by atoms with E-state index in [1.165, 1.54) is 0 Å². The summed E-state index contributed by atoms with van der Waals surface area (Å²) in [5.41, 5.74) is 0.400. The van der Waals surface area contributed by atoms with E-state index in [4.69, 9.17) is 0 Å². The molecular formula is C8H6O2. The highest BCUT2D eigenvalue weighted by atomic mass is 16.5. The molecule has 0 aromatic heterocycles. The van der Waals surface area contributed by atoms with E-state index in [0.29, 0.717) is 5.56 Å². The Kier molecular flexibility index (Phi) is 2.05. The molecule has 0 saturated carbocycles. The number of benzene rings is 1. The number of esters is 1. The number of rotatable bonds is 1. The van der Waals surface area contributed by atoms with E-state index in [1.54, 1.807) is 24.3 Å². The van der Waals surface area contributed by atoms with Crippen LogP contribution in [0.25, 0.3) is 0 Å². The lowest BCUT2D eigenvalue weighted by atomic mass is 10.2. The maximum atomic E-state index is 10.7. The van der Waals surface area contributed by atoms with Crippen LogP contribution in [0.5, 0.6) is 0 Å². The van der Waals surface area contributed by atoms with E-state index in [-0.39, 0.29) is 0 Å². The molecule has 1 aromatic carbocycles. The molecule has 1 aromatic rings. The second-order valence-corrected chi connectivity index (χ2v) is 1.71. The van der Waals surface area contributed by atoms with Gasteiger partial charge in [0.2, 0.25) is 0 Å². The van der Waals surface area contributed by atoms with Crippen molar-refractivity contribution >= 4 is 5.97 Å². The molecule has 0 aliphatic rings. The summed E-state index contributed by atoms with van der Waals surface area (Å²) < 4.78 is 4.22. The molecule has 2 heteroatoms. The molecule has 0 atom stereocenters. The van der Waals surface area contributed by atoms with Gasteiger partial charge in [0, 0.05) is 0 Å². The predicted octanol–water partition coefficient (Wildman–Crippen LogP) is 1.44. The van der Waals surface area contributed by atoms with Gasteiger partial charge in [-0.25, -0.2) is 4.79 Å². The van der Waals surface area contributed by atoms with Gasteiger partial charge in [0.05, 0.1) is 5.56 Å². The number of ether oxygens (including phenoxy) is 1. The minimum Gasteiger partial charge on any atom is -0.458 e. The molecule has 2 nitrogen and oxygen atoms in total. The summed E-state index contributed by atoms with van der Waals surface area (Å²) in [6.45, 7) is 0. The number of hydrogen-bond donors (Lipinski definition) is 0. The highest BCUT2D eigenvalue weighted by molar-refractivity contribution is 5.88. The SMILES string of the molecule is [CH2]OC(=O)c1[c]cccc1.